The van der Waals surface area contributed by atoms with E-state index in [1.807, 2.05) is 0 Å². The van der Waals surface area contributed by atoms with Crippen LogP contribution in [0.3, 0.4) is 0 Å². The van der Waals surface area contributed by atoms with Gasteiger partial charge in [-0.2, -0.15) is 0 Å². The van der Waals surface area contributed by atoms with Crippen molar-refractivity contribution >= 4 is 0 Å². The minimum Gasteiger partial charge on any atom is -0.491 e. The summed E-state index contributed by atoms with van der Waals surface area (Å²) >= 11 is 0. The van der Waals surface area contributed by atoms with E-state index in [1.165, 1.54) is 30.4 Å². The minimum atomic E-state index is 0.250. The first kappa shape index (κ1) is 13.4. The highest BCUT2D eigenvalue weighted by molar-refractivity contribution is 5.43. The average Bonchev–Trinajstić information content (AvgIpc) is 2.36. The third-order valence-corrected chi connectivity index (χ3v) is 3.47. The molecule has 0 bridgehead atoms. The molecule has 0 saturated heterocycles. The van der Waals surface area contributed by atoms with Gasteiger partial charge in [0, 0.05) is 6.04 Å². The van der Waals surface area contributed by atoms with E-state index in [4.69, 9.17) is 4.74 Å². The van der Waals surface area contributed by atoms with Crippen LogP contribution in [0, 0.1) is 0 Å². The number of nitrogens with one attached hydrogen (secondary N) is 1. The Hall–Kier alpha value is -1.02. The Labute approximate surface area is 111 Å². The SMILES string of the molecule is CCCNC1CCCc2c(OC(C)C)cccc21. The quantitative estimate of drug-likeness (QED) is 0.853. The Morgan fingerprint density at radius 1 is 1.39 bits per heavy atom. The summed E-state index contributed by atoms with van der Waals surface area (Å²) < 4.78 is 5.94. The summed E-state index contributed by atoms with van der Waals surface area (Å²) in [4.78, 5) is 0. The van der Waals surface area contributed by atoms with Crippen LogP contribution in [0.15, 0.2) is 18.2 Å². The van der Waals surface area contributed by atoms with E-state index in [2.05, 4.69) is 44.3 Å². The molecular weight excluding hydrogens is 222 g/mol. The van der Waals surface area contributed by atoms with Crippen molar-refractivity contribution < 1.29 is 4.74 Å². The maximum Gasteiger partial charge on any atom is 0.123 e. The van der Waals surface area contributed by atoms with Gasteiger partial charge >= 0.3 is 0 Å². The van der Waals surface area contributed by atoms with Crippen molar-refractivity contribution in [1.82, 2.24) is 5.32 Å². The number of rotatable bonds is 5. The molecule has 18 heavy (non-hydrogen) atoms. The molecule has 0 amide bonds. The second-order valence-corrected chi connectivity index (χ2v) is 5.39. The highest BCUT2D eigenvalue weighted by Gasteiger charge is 2.22. The van der Waals surface area contributed by atoms with E-state index in [-0.39, 0.29) is 6.10 Å². The maximum absolute atomic E-state index is 5.94. The van der Waals surface area contributed by atoms with Gasteiger partial charge in [0.2, 0.25) is 0 Å². The Bertz CT molecular complexity index is 387. The molecule has 0 saturated carbocycles. The molecule has 2 nitrogen and oxygen atoms in total. The van der Waals surface area contributed by atoms with Gasteiger partial charge in [0.05, 0.1) is 6.10 Å². The van der Waals surface area contributed by atoms with Crippen LogP contribution in [0.5, 0.6) is 5.75 Å². The zero-order chi connectivity index (χ0) is 13.0. The minimum absolute atomic E-state index is 0.250. The van der Waals surface area contributed by atoms with Gasteiger partial charge in [-0.1, -0.05) is 19.1 Å². The van der Waals surface area contributed by atoms with E-state index in [1.54, 1.807) is 0 Å². The first-order chi connectivity index (χ1) is 8.72. The second-order valence-electron chi connectivity index (χ2n) is 5.39. The fraction of sp³-hybridized carbons (Fsp3) is 0.625. The summed E-state index contributed by atoms with van der Waals surface area (Å²) in [6.07, 6.45) is 5.10. The lowest BCUT2D eigenvalue weighted by molar-refractivity contribution is 0.238. The Balaban J connectivity index is 2.22. The van der Waals surface area contributed by atoms with Crippen molar-refractivity contribution in [1.29, 1.82) is 0 Å². The van der Waals surface area contributed by atoms with Gasteiger partial charge in [-0.25, -0.2) is 0 Å². The third kappa shape index (κ3) is 3.05. The van der Waals surface area contributed by atoms with E-state index in [9.17, 15) is 0 Å². The van der Waals surface area contributed by atoms with Gasteiger partial charge in [-0.15, -0.1) is 0 Å². The molecule has 0 heterocycles. The monoisotopic (exact) mass is 247 g/mol. The van der Waals surface area contributed by atoms with Crippen LogP contribution in [-0.4, -0.2) is 12.6 Å². The van der Waals surface area contributed by atoms with Crippen molar-refractivity contribution in [2.24, 2.45) is 0 Å². The first-order valence-corrected chi connectivity index (χ1v) is 7.24. The van der Waals surface area contributed by atoms with E-state index in [0.29, 0.717) is 6.04 Å². The third-order valence-electron chi connectivity index (χ3n) is 3.47. The normalized spacial score (nSPS) is 18.8. The predicted octanol–water partition coefficient (Wildman–Crippen LogP) is 3.85. The van der Waals surface area contributed by atoms with Crippen molar-refractivity contribution in [3.05, 3.63) is 29.3 Å². The lowest BCUT2D eigenvalue weighted by atomic mass is 9.87. The first-order valence-electron chi connectivity index (χ1n) is 7.24. The molecule has 0 radical (unpaired) electrons. The lowest BCUT2D eigenvalue weighted by Crippen LogP contribution is -2.26. The van der Waals surface area contributed by atoms with Gasteiger partial charge in [-0.05, 0) is 63.3 Å². The summed E-state index contributed by atoms with van der Waals surface area (Å²) in [6, 6.07) is 7.02. The van der Waals surface area contributed by atoms with Crippen LogP contribution >= 0.6 is 0 Å². The topological polar surface area (TPSA) is 21.3 Å². The number of ether oxygens (including phenoxy) is 1. The van der Waals surface area contributed by atoms with E-state index in [0.717, 1.165) is 18.7 Å². The Morgan fingerprint density at radius 2 is 2.22 bits per heavy atom. The predicted molar refractivity (Wildman–Crippen MR) is 76.2 cm³/mol. The molecule has 1 aliphatic rings. The number of benzene rings is 1. The van der Waals surface area contributed by atoms with Crippen molar-refractivity contribution in [2.75, 3.05) is 6.54 Å². The number of hydrogen-bond donors (Lipinski definition) is 1. The largest absolute Gasteiger partial charge is 0.491 e. The van der Waals surface area contributed by atoms with Crippen LogP contribution in [-0.2, 0) is 6.42 Å². The molecule has 1 unspecified atom stereocenters. The summed E-state index contributed by atoms with van der Waals surface area (Å²) in [5.74, 6) is 1.09. The van der Waals surface area contributed by atoms with Crippen molar-refractivity contribution in [3.63, 3.8) is 0 Å². The van der Waals surface area contributed by atoms with Crippen LogP contribution in [0.25, 0.3) is 0 Å². The molecular formula is C16H25NO. The van der Waals surface area contributed by atoms with Gasteiger partial charge in [0.15, 0.2) is 0 Å². The summed E-state index contributed by atoms with van der Waals surface area (Å²) in [5, 5.41) is 3.65. The highest BCUT2D eigenvalue weighted by atomic mass is 16.5. The molecule has 0 fully saturated rings. The summed E-state index contributed by atoms with van der Waals surface area (Å²) in [7, 11) is 0. The molecule has 2 heteroatoms. The van der Waals surface area contributed by atoms with Crippen LogP contribution in [0.1, 0.15) is 57.2 Å². The zero-order valence-corrected chi connectivity index (χ0v) is 11.8. The van der Waals surface area contributed by atoms with Crippen molar-refractivity contribution in [2.45, 2.75) is 58.6 Å². The maximum atomic E-state index is 5.94. The highest BCUT2D eigenvalue weighted by Crippen LogP contribution is 2.35. The van der Waals surface area contributed by atoms with Gasteiger partial charge in [-0.3, -0.25) is 0 Å². The molecule has 0 aliphatic heterocycles. The van der Waals surface area contributed by atoms with Crippen LogP contribution in [0.2, 0.25) is 0 Å². The summed E-state index contributed by atoms with van der Waals surface area (Å²) in [5.41, 5.74) is 2.87. The zero-order valence-electron chi connectivity index (χ0n) is 11.8. The van der Waals surface area contributed by atoms with Crippen molar-refractivity contribution in [3.8, 4) is 5.75 Å². The number of hydrogen-bond acceptors (Lipinski definition) is 2. The van der Waals surface area contributed by atoms with Gasteiger partial charge < -0.3 is 10.1 Å². The van der Waals surface area contributed by atoms with Crippen LogP contribution in [0.4, 0.5) is 0 Å². The van der Waals surface area contributed by atoms with Crippen LogP contribution < -0.4 is 10.1 Å². The molecule has 2 rings (SSSR count). The standard InChI is InChI=1S/C16H25NO/c1-4-11-17-15-9-5-8-14-13(15)7-6-10-16(14)18-12(2)3/h6-7,10,12,15,17H,4-5,8-9,11H2,1-3H3. The van der Waals surface area contributed by atoms with E-state index < -0.39 is 0 Å². The second kappa shape index (κ2) is 6.24. The molecule has 1 aromatic rings. The lowest BCUT2D eigenvalue weighted by Gasteiger charge is -2.28. The molecule has 1 aromatic carbocycles. The molecule has 1 atom stereocenters. The Morgan fingerprint density at radius 3 is 2.94 bits per heavy atom. The molecule has 100 valence electrons. The molecule has 0 spiro atoms. The summed E-state index contributed by atoms with van der Waals surface area (Å²) in [6.45, 7) is 7.50. The molecule has 0 aromatic heterocycles. The Kier molecular flexibility index (Phi) is 4.65. The molecule has 1 aliphatic carbocycles. The smallest absolute Gasteiger partial charge is 0.123 e. The average molecular weight is 247 g/mol. The fourth-order valence-corrected chi connectivity index (χ4v) is 2.71. The molecule has 1 N–H and O–H groups in total. The van der Waals surface area contributed by atoms with Gasteiger partial charge in [0.25, 0.3) is 0 Å². The fourth-order valence-electron chi connectivity index (χ4n) is 2.71. The van der Waals surface area contributed by atoms with E-state index >= 15 is 0 Å². The van der Waals surface area contributed by atoms with Gasteiger partial charge in [0.1, 0.15) is 5.75 Å². The number of fused-ring (bicyclic) bond motifs is 1.